The van der Waals surface area contributed by atoms with Gasteiger partial charge in [0.05, 0.1) is 0 Å². The lowest BCUT2D eigenvalue weighted by atomic mass is 10.1. The minimum absolute atomic E-state index is 0.109. The Morgan fingerprint density at radius 2 is 1.86 bits per heavy atom. The number of halogens is 5. The molecule has 0 radical (unpaired) electrons. The van der Waals surface area contributed by atoms with Gasteiger partial charge in [-0.15, -0.1) is 0 Å². The Balaban J connectivity index is 3.08. The minimum Gasteiger partial charge on any atom is -0.379 e. The molecule has 1 rings (SSSR count). The first-order valence-electron chi connectivity index (χ1n) is 3.52. The van der Waals surface area contributed by atoms with E-state index in [2.05, 4.69) is 15.9 Å². The lowest BCUT2D eigenvalue weighted by Gasteiger charge is -2.15. The van der Waals surface area contributed by atoms with Gasteiger partial charge in [-0.2, -0.15) is 13.2 Å². The highest BCUT2D eigenvalue weighted by atomic mass is 79.9. The van der Waals surface area contributed by atoms with Crippen molar-refractivity contribution in [1.29, 1.82) is 0 Å². The zero-order valence-electron chi connectivity index (χ0n) is 6.65. The molecular formula is C8H5BrF4O. The van der Waals surface area contributed by atoms with Crippen LogP contribution in [-0.4, -0.2) is 11.3 Å². The molecule has 0 bridgehead atoms. The van der Waals surface area contributed by atoms with Gasteiger partial charge in [-0.3, -0.25) is 0 Å². The molecule has 0 aliphatic rings. The van der Waals surface area contributed by atoms with Gasteiger partial charge in [0.15, 0.2) is 6.10 Å². The van der Waals surface area contributed by atoms with Crippen LogP contribution in [0.4, 0.5) is 17.6 Å². The molecule has 0 amide bonds. The topological polar surface area (TPSA) is 20.2 Å². The highest BCUT2D eigenvalue weighted by molar-refractivity contribution is 9.10. The van der Waals surface area contributed by atoms with Crippen LogP contribution in [0.3, 0.4) is 0 Å². The minimum atomic E-state index is -4.75. The lowest BCUT2D eigenvalue weighted by molar-refractivity contribution is -0.207. The standard InChI is InChI=1S/C8H5BrF4O/c9-6-3-4(10)1-2-5(6)7(14)8(11,12)13/h1-3,7,14H/t7-/m0/s1. The Hall–Kier alpha value is -0.620. The summed E-state index contributed by atoms with van der Waals surface area (Å²) in [6, 6.07) is 2.61. The van der Waals surface area contributed by atoms with E-state index in [4.69, 9.17) is 5.11 Å². The second-order valence-corrected chi connectivity index (χ2v) is 3.46. The molecule has 0 aromatic heterocycles. The predicted octanol–water partition coefficient (Wildman–Crippen LogP) is 3.18. The molecule has 1 atom stereocenters. The third-order valence-corrected chi connectivity index (χ3v) is 2.25. The summed E-state index contributed by atoms with van der Waals surface area (Å²) in [5.41, 5.74) is -0.404. The van der Waals surface area contributed by atoms with E-state index in [0.717, 1.165) is 18.2 Å². The zero-order chi connectivity index (χ0) is 10.9. The van der Waals surface area contributed by atoms with Crippen LogP contribution in [0, 0.1) is 5.82 Å². The molecule has 1 aromatic carbocycles. The summed E-state index contributed by atoms with van der Waals surface area (Å²) in [6.07, 6.45) is -7.35. The molecule has 0 spiro atoms. The summed E-state index contributed by atoms with van der Waals surface area (Å²) in [7, 11) is 0. The van der Waals surface area contributed by atoms with Gasteiger partial charge in [-0.25, -0.2) is 4.39 Å². The van der Waals surface area contributed by atoms with Crippen molar-refractivity contribution in [3.8, 4) is 0 Å². The highest BCUT2D eigenvalue weighted by Crippen LogP contribution is 2.36. The molecule has 1 aromatic rings. The van der Waals surface area contributed by atoms with Crippen molar-refractivity contribution in [2.24, 2.45) is 0 Å². The fourth-order valence-corrected chi connectivity index (χ4v) is 1.47. The van der Waals surface area contributed by atoms with Crippen molar-refractivity contribution >= 4 is 15.9 Å². The molecule has 0 fully saturated rings. The van der Waals surface area contributed by atoms with E-state index in [1.165, 1.54) is 0 Å². The number of aliphatic hydroxyl groups is 1. The predicted molar refractivity (Wildman–Crippen MR) is 45.1 cm³/mol. The summed E-state index contributed by atoms with van der Waals surface area (Å²) in [5, 5.41) is 8.85. The van der Waals surface area contributed by atoms with Gasteiger partial charge in [0.25, 0.3) is 0 Å². The fraction of sp³-hybridized carbons (Fsp3) is 0.250. The van der Waals surface area contributed by atoms with Gasteiger partial charge in [0, 0.05) is 10.0 Å². The maximum absolute atomic E-state index is 12.5. The molecule has 14 heavy (non-hydrogen) atoms. The zero-order valence-corrected chi connectivity index (χ0v) is 8.23. The molecule has 1 nitrogen and oxygen atoms in total. The van der Waals surface area contributed by atoms with Crippen LogP contribution >= 0.6 is 15.9 Å². The Morgan fingerprint density at radius 1 is 1.29 bits per heavy atom. The SMILES string of the molecule is O[C@@H](c1ccc(F)cc1Br)C(F)(F)F. The molecule has 0 saturated heterocycles. The van der Waals surface area contributed by atoms with Crippen molar-refractivity contribution in [3.63, 3.8) is 0 Å². The fourth-order valence-electron chi connectivity index (χ4n) is 0.900. The summed E-state index contributed by atoms with van der Waals surface area (Å²) in [4.78, 5) is 0. The van der Waals surface area contributed by atoms with Gasteiger partial charge < -0.3 is 5.11 Å². The van der Waals surface area contributed by atoms with Crippen molar-refractivity contribution in [2.75, 3.05) is 0 Å². The first-order chi connectivity index (χ1) is 6.32. The van der Waals surface area contributed by atoms with E-state index in [1.54, 1.807) is 0 Å². The maximum Gasteiger partial charge on any atom is 0.418 e. The Morgan fingerprint density at radius 3 is 2.29 bits per heavy atom. The number of alkyl halides is 3. The molecule has 0 saturated carbocycles. The Labute approximate surface area is 85.5 Å². The largest absolute Gasteiger partial charge is 0.418 e. The van der Waals surface area contributed by atoms with Gasteiger partial charge in [-0.1, -0.05) is 22.0 Å². The van der Waals surface area contributed by atoms with E-state index < -0.39 is 23.7 Å². The smallest absolute Gasteiger partial charge is 0.379 e. The third-order valence-electron chi connectivity index (χ3n) is 1.57. The molecule has 6 heteroatoms. The van der Waals surface area contributed by atoms with Crippen LogP contribution in [0.2, 0.25) is 0 Å². The van der Waals surface area contributed by atoms with E-state index in [0.29, 0.717) is 0 Å². The van der Waals surface area contributed by atoms with E-state index in [1.807, 2.05) is 0 Å². The maximum atomic E-state index is 12.5. The van der Waals surface area contributed by atoms with Crippen LogP contribution in [0.5, 0.6) is 0 Å². The molecule has 0 aliphatic heterocycles. The first-order valence-corrected chi connectivity index (χ1v) is 4.31. The van der Waals surface area contributed by atoms with Crippen LogP contribution < -0.4 is 0 Å². The van der Waals surface area contributed by atoms with E-state index in [-0.39, 0.29) is 4.47 Å². The summed E-state index contributed by atoms with van der Waals surface area (Å²) in [6.45, 7) is 0. The monoisotopic (exact) mass is 272 g/mol. The molecule has 78 valence electrons. The van der Waals surface area contributed by atoms with Crippen LogP contribution in [-0.2, 0) is 0 Å². The first kappa shape index (κ1) is 11.5. The number of aliphatic hydroxyl groups excluding tert-OH is 1. The number of hydrogen-bond donors (Lipinski definition) is 1. The normalized spacial score (nSPS) is 14.1. The van der Waals surface area contributed by atoms with Crippen LogP contribution in [0.1, 0.15) is 11.7 Å². The van der Waals surface area contributed by atoms with E-state index in [9.17, 15) is 17.6 Å². The molecule has 1 N–H and O–H groups in total. The second kappa shape index (κ2) is 3.86. The van der Waals surface area contributed by atoms with Crippen LogP contribution in [0.15, 0.2) is 22.7 Å². The molecule has 0 heterocycles. The Bertz CT molecular complexity index is 337. The highest BCUT2D eigenvalue weighted by Gasteiger charge is 2.40. The van der Waals surface area contributed by atoms with Crippen molar-refractivity contribution in [3.05, 3.63) is 34.1 Å². The van der Waals surface area contributed by atoms with Crippen molar-refractivity contribution in [2.45, 2.75) is 12.3 Å². The van der Waals surface area contributed by atoms with Crippen molar-refractivity contribution in [1.82, 2.24) is 0 Å². The average Bonchev–Trinajstić information content (AvgIpc) is 2.01. The van der Waals surface area contributed by atoms with Gasteiger partial charge in [0.2, 0.25) is 0 Å². The number of rotatable bonds is 1. The molecule has 0 unspecified atom stereocenters. The average molecular weight is 273 g/mol. The lowest BCUT2D eigenvalue weighted by Crippen LogP contribution is -2.20. The van der Waals surface area contributed by atoms with Gasteiger partial charge >= 0.3 is 6.18 Å². The van der Waals surface area contributed by atoms with Crippen LogP contribution in [0.25, 0.3) is 0 Å². The second-order valence-electron chi connectivity index (χ2n) is 2.61. The Kier molecular flexibility index (Phi) is 3.16. The van der Waals surface area contributed by atoms with Gasteiger partial charge in [-0.05, 0) is 12.1 Å². The summed E-state index contributed by atoms with van der Waals surface area (Å²) >= 11 is 2.74. The van der Waals surface area contributed by atoms with E-state index >= 15 is 0 Å². The number of hydrogen-bond acceptors (Lipinski definition) is 1. The molecular weight excluding hydrogens is 268 g/mol. The van der Waals surface area contributed by atoms with Crippen molar-refractivity contribution < 1.29 is 22.7 Å². The number of benzene rings is 1. The van der Waals surface area contributed by atoms with Gasteiger partial charge in [0.1, 0.15) is 5.82 Å². The quantitative estimate of drug-likeness (QED) is 0.779. The third kappa shape index (κ3) is 2.45. The summed E-state index contributed by atoms with van der Waals surface area (Å²) < 4.78 is 48.6. The summed E-state index contributed by atoms with van der Waals surface area (Å²) in [5.74, 6) is -0.671. The molecule has 0 aliphatic carbocycles.